The quantitative estimate of drug-likeness (QED) is 0.0373. The van der Waals surface area contributed by atoms with Crippen molar-refractivity contribution in [2.45, 2.75) is 304 Å². The molecule has 0 aromatic rings. The first-order valence-electron chi connectivity index (χ1n) is 29.6. The van der Waals surface area contributed by atoms with Crippen LogP contribution in [0, 0.1) is 0 Å². The molecule has 0 aliphatic heterocycles. The Hall–Kier alpha value is 0.367. The van der Waals surface area contributed by atoms with E-state index in [4.69, 9.17) is 25.9 Å². The van der Waals surface area contributed by atoms with Gasteiger partial charge in [-0.05, 0) is 70.5 Å². The number of rotatable bonds is 57. The van der Waals surface area contributed by atoms with Crippen LogP contribution in [0.3, 0.4) is 0 Å². The molecule has 0 aliphatic rings. The second kappa shape index (κ2) is 54.3. The van der Waals surface area contributed by atoms with E-state index in [0.717, 1.165) is 57.5 Å². The molecule has 386 valence electrons. The van der Waals surface area contributed by atoms with E-state index in [1.165, 1.54) is 277 Å². The monoisotopic (exact) mass is 941 g/mol. The molecule has 0 amide bonds. The molecule has 0 spiro atoms. The Morgan fingerprint density at radius 2 is 0.500 bits per heavy atom. The summed E-state index contributed by atoms with van der Waals surface area (Å²) in [6, 6.07) is 0.889. The summed E-state index contributed by atoms with van der Waals surface area (Å²) >= 11 is 4.71. The molecule has 0 aromatic heterocycles. The van der Waals surface area contributed by atoms with Crippen LogP contribution < -0.4 is 0 Å². The molecule has 0 aliphatic carbocycles. The lowest BCUT2D eigenvalue weighted by Gasteiger charge is -2.32. The maximum atomic E-state index is 7.09. The van der Waals surface area contributed by atoms with Gasteiger partial charge < -0.3 is 23.1 Å². The normalized spacial score (nSPS) is 12.2. The van der Waals surface area contributed by atoms with Crippen LogP contribution in [-0.2, 0) is 13.3 Å². The van der Waals surface area contributed by atoms with Crippen LogP contribution in [-0.4, -0.2) is 83.4 Å². The van der Waals surface area contributed by atoms with Gasteiger partial charge in [0.15, 0.2) is 0 Å². The predicted molar refractivity (Wildman–Crippen MR) is 293 cm³/mol. The molecule has 7 heteroatoms. The standard InChI is InChI=1S/C57H120N2O3SSi/c1-6-11-16-21-26-31-36-41-47-58(48-42-37-32-27-22-17-12-7-2)51-54-61-64(57-46-56-63,60-53-45-40-35-30-25-20-15-10-5)62-55-52-59(49-43-38-33-28-23-18-13-8-3)50-44-39-34-29-24-19-14-9-4/h63H,6-57H2,1-5H3. The Bertz CT molecular complexity index is 766. The summed E-state index contributed by atoms with van der Waals surface area (Å²) < 4.78 is 21.2. The van der Waals surface area contributed by atoms with Crippen molar-refractivity contribution in [1.29, 1.82) is 0 Å². The van der Waals surface area contributed by atoms with Crippen molar-refractivity contribution in [3.63, 3.8) is 0 Å². The van der Waals surface area contributed by atoms with Gasteiger partial charge in [0.25, 0.3) is 0 Å². The highest BCUT2D eigenvalue weighted by Gasteiger charge is 2.41. The molecule has 0 heterocycles. The Balaban J connectivity index is 5.67. The smallest absolute Gasteiger partial charge is 0.373 e. The van der Waals surface area contributed by atoms with Gasteiger partial charge in [-0.3, -0.25) is 0 Å². The van der Waals surface area contributed by atoms with E-state index in [2.05, 4.69) is 44.4 Å². The van der Waals surface area contributed by atoms with Crippen molar-refractivity contribution in [3.8, 4) is 0 Å². The first kappa shape index (κ1) is 64.4. The number of unbranched alkanes of at least 4 members (excludes halogenated alkanes) is 35. The average Bonchev–Trinajstić information content (AvgIpc) is 3.30. The summed E-state index contributed by atoms with van der Waals surface area (Å²) in [5.74, 6) is 0.856. The van der Waals surface area contributed by atoms with Gasteiger partial charge in [-0.25, -0.2) is 0 Å². The van der Waals surface area contributed by atoms with Crippen LogP contribution >= 0.6 is 12.6 Å². The topological polar surface area (TPSA) is 34.2 Å². The first-order chi connectivity index (χ1) is 31.6. The average molecular weight is 942 g/mol. The fraction of sp³-hybridized carbons (Fsp3) is 1.00. The van der Waals surface area contributed by atoms with E-state index >= 15 is 0 Å². The fourth-order valence-electron chi connectivity index (χ4n) is 9.31. The van der Waals surface area contributed by atoms with Crippen LogP contribution in [0.5, 0.6) is 0 Å². The van der Waals surface area contributed by atoms with Gasteiger partial charge in [0.2, 0.25) is 0 Å². The van der Waals surface area contributed by atoms with Gasteiger partial charge in [-0.1, -0.05) is 259 Å². The zero-order valence-electron chi connectivity index (χ0n) is 44.8. The predicted octanol–water partition coefficient (Wildman–Crippen LogP) is 18.6. The summed E-state index contributed by atoms with van der Waals surface area (Å²) in [4.78, 5) is 5.47. The van der Waals surface area contributed by atoms with Crippen LogP contribution in [0.4, 0.5) is 0 Å². The summed E-state index contributed by atoms with van der Waals surface area (Å²) in [5, 5.41) is 0. The third kappa shape index (κ3) is 46.1. The van der Waals surface area contributed by atoms with Crippen molar-refractivity contribution < 1.29 is 13.3 Å². The summed E-state index contributed by atoms with van der Waals surface area (Å²) in [7, 11) is -2.88. The van der Waals surface area contributed by atoms with Crippen LogP contribution in [0.15, 0.2) is 0 Å². The minimum Gasteiger partial charge on any atom is -0.373 e. The fourth-order valence-corrected chi connectivity index (χ4v) is 12.3. The number of nitrogens with zero attached hydrogens (tertiary/aromatic N) is 2. The number of hydrogen-bond donors (Lipinski definition) is 1. The third-order valence-electron chi connectivity index (χ3n) is 13.7. The molecule has 0 radical (unpaired) electrons. The SMILES string of the molecule is CCCCCCCCCCO[Si](CCCS)(OCCN(CCCCCCCCCC)CCCCCCCCCC)OCCN(CCCCCCCCCC)CCCCCCCCCC. The van der Waals surface area contributed by atoms with Gasteiger partial charge in [-0.15, -0.1) is 0 Å². The lowest BCUT2D eigenvalue weighted by Crippen LogP contribution is -2.49. The molecule has 0 rings (SSSR count). The lowest BCUT2D eigenvalue weighted by atomic mass is 10.1. The maximum absolute atomic E-state index is 7.09. The van der Waals surface area contributed by atoms with Crippen molar-refractivity contribution in [2.75, 3.05) is 64.8 Å². The van der Waals surface area contributed by atoms with Crippen molar-refractivity contribution in [1.82, 2.24) is 9.80 Å². The Labute approximate surface area is 411 Å². The zero-order valence-corrected chi connectivity index (χ0v) is 46.7. The molecule has 64 heavy (non-hydrogen) atoms. The van der Waals surface area contributed by atoms with Crippen LogP contribution in [0.1, 0.15) is 298 Å². The van der Waals surface area contributed by atoms with Gasteiger partial charge in [0.05, 0.1) is 13.2 Å². The van der Waals surface area contributed by atoms with Crippen molar-refractivity contribution in [3.05, 3.63) is 0 Å². The molecule has 0 saturated heterocycles. The van der Waals surface area contributed by atoms with E-state index < -0.39 is 8.80 Å². The van der Waals surface area contributed by atoms with Crippen LogP contribution in [0.25, 0.3) is 0 Å². The molecule has 0 fully saturated rings. The van der Waals surface area contributed by atoms with Gasteiger partial charge in [0, 0.05) is 25.7 Å². The molecular weight excluding hydrogens is 821 g/mol. The molecule has 0 unspecified atom stereocenters. The molecule has 0 bridgehead atoms. The second-order valence-corrected chi connectivity index (χ2v) is 23.3. The molecule has 0 saturated carbocycles. The molecular formula is C57H120N2O3SSi. The zero-order chi connectivity index (χ0) is 46.5. The van der Waals surface area contributed by atoms with E-state index in [1.807, 2.05) is 0 Å². The Morgan fingerprint density at radius 1 is 0.266 bits per heavy atom. The van der Waals surface area contributed by atoms with E-state index in [9.17, 15) is 0 Å². The number of hydrogen-bond acceptors (Lipinski definition) is 6. The lowest BCUT2D eigenvalue weighted by molar-refractivity contribution is 0.0428. The van der Waals surface area contributed by atoms with Gasteiger partial charge in [-0.2, -0.15) is 12.6 Å². The molecule has 0 atom stereocenters. The van der Waals surface area contributed by atoms with Gasteiger partial charge in [0.1, 0.15) is 0 Å². The highest BCUT2D eigenvalue weighted by atomic mass is 32.1. The highest BCUT2D eigenvalue weighted by molar-refractivity contribution is 7.80. The minimum atomic E-state index is -2.88. The molecule has 0 aromatic carbocycles. The summed E-state index contributed by atoms with van der Waals surface area (Å²) in [5.41, 5.74) is 0. The molecule has 0 N–H and O–H groups in total. The first-order valence-corrected chi connectivity index (χ1v) is 32.1. The van der Waals surface area contributed by atoms with Crippen molar-refractivity contribution in [2.24, 2.45) is 0 Å². The van der Waals surface area contributed by atoms with E-state index in [1.54, 1.807) is 0 Å². The largest absolute Gasteiger partial charge is 0.501 e. The Morgan fingerprint density at radius 3 is 0.766 bits per heavy atom. The van der Waals surface area contributed by atoms with Crippen LogP contribution in [0.2, 0.25) is 6.04 Å². The van der Waals surface area contributed by atoms with Crippen molar-refractivity contribution >= 4 is 21.4 Å². The second-order valence-electron chi connectivity index (χ2n) is 20.1. The van der Waals surface area contributed by atoms with Gasteiger partial charge >= 0.3 is 8.80 Å². The highest BCUT2D eigenvalue weighted by Crippen LogP contribution is 2.22. The van der Waals surface area contributed by atoms with E-state index in [-0.39, 0.29) is 0 Å². The number of thiol groups is 1. The summed E-state index contributed by atoms with van der Waals surface area (Å²) in [6.07, 6.45) is 55.6. The Kier molecular flexibility index (Phi) is 54.6. The summed E-state index contributed by atoms with van der Waals surface area (Å²) in [6.45, 7) is 20.6. The van der Waals surface area contributed by atoms with E-state index in [0.29, 0.717) is 0 Å². The minimum absolute atomic E-state index is 0.727. The third-order valence-corrected chi connectivity index (χ3v) is 16.9. The maximum Gasteiger partial charge on any atom is 0.501 e. The molecule has 5 nitrogen and oxygen atoms in total.